The molecule has 2 amide bonds. The van der Waals surface area contributed by atoms with E-state index in [0.717, 1.165) is 38.8 Å². The quantitative estimate of drug-likeness (QED) is 0.602. The summed E-state index contributed by atoms with van der Waals surface area (Å²) >= 11 is 0. The summed E-state index contributed by atoms with van der Waals surface area (Å²) in [6.45, 7) is 10.2. The van der Waals surface area contributed by atoms with Gasteiger partial charge in [-0.3, -0.25) is 14.5 Å². The van der Waals surface area contributed by atoms with Crippen LogP contribution in [0, 0.1) is 0 Å². The van der Waals surface area contributed by atoms with E-state index in [1.807, 2.05) is 13.8 Å². The third-order valence-electron chi connectivity index (χ3n) is 5.00. The van der Waals surface area contributed by atoms with E-state index in [-0.39, 0.29) is 11.8 Å². The highest BCUT2D eigenvalue weighted by molar-refractivity contribution is 5.76. The average Bonchev–Trinajstić information content (AvgIpc) is 2.58. The molecule has 0 aromatic rings. The minimum atomic E-state index is 0.142. The molecule has 2 N–H and O–H groups in total. The summed E-state index contributed by atoms with van der Waals surface area (Å²) in [6, 6.07) is 1.54. The summed E-state index contributed by atoms with van der Waals surface area (Å²) in [5.41, 5.74) is 0. The second kappa shape index (κ2) is 11.5. The van der Waals surface area contributed by atoms with Gasteiger partial charge in [0.05, 0.1) is 0 Å². The molecule has 0 unspecified atom stereocenters. The first-order valence-corrected chi connectivity index (χ1v) is 9.79. The highest BCUT2D eigenvalue weighted by atomic mass is 16.2. The SMILES string of the molecule is CCC(=O)NCCCCN(C(C)C)C1CCC(NC(=O)CC)CC1. The number of nitrogens with zero attached hydrogens (tertiary/aromatic N) is 1. The Kier molecular flexibility index (Phi) is 9.99. The maximum atomic E-state index is 11.5. The number of amides is 2. The van der Waals surface area contributed by atoms with Crippen molar-refractivity contribution in [3.8, 4) is 0 Å². The highest BCUT2D eigenvalue weighted by Gasteiger charge is 2.27. The maximum Gasteiger partial charge on any atom is 0.219 e. The van der Waals surface area contributed by atoms with Crippen LogP contribution in [0.4, 0.5) is 0 Å². The van der Waals surface area contributed by atoms with E-state index in [2.05, 4.69) is 29.4 Å². The van der Waals surface area contributed by atoms with Gasteiger partial charge in [-0.05, 0) is 58.9 Å². The van der Waals surface area contributed by atoms with Crippen molar-refractivity contribution in [2.45, 2.75) is 97.2 Å². The van der Waals surface area contributed by atoms with Crippen molar-refractivity contribution >= 4 is 11.8 Å². The molecule has 1 aliphatic carbocycles. The summed E-state index contributed by atoms with van der Waals surface area (Å²) in [4.78, 5) is 25.4. The normalized spacial score (nSPS) is 21.1. The van der Waals surface area contributed by atoms with Gasteiger partial charge in [0.1, 0.15) is 0 Å². The van der Waals surface area contributed by atoms with Crippen molar-refractivity contribution in [1.29, 1.82) is 0 Å². The molecule has 1 rings (SSSR count). The Hall–Kier alpha value is -1.10. The molecular weight excluding hydrogens is 302 g/mol. The van der Waals surface area contributed by atoms with E-state index in [1.54, 1.807) is 0 Å². The monoisotopic (exact) mass is 339 g/mol. The third-order valence-corrected chi connectivity index (χ3v) is 5.00. The number of rotatable bonds is 10. The van der Waals surface area contributed by atoms with Gasteiger partial charge in [0.2, 0.25) is 11.8 Å². The van der Waals surface area contributed by atoms with E-state index >= 15 is 0 Å². The molecule has 5 heteroatoms. The first-order chi connectivity index (χ1) is 11.5. The number of nitrogens with one attached hydrogen (secondary N) is 2. The van der Waals surface area contributed by atoms with Crippen LogP contribution in [0.25, 0.3) is 0 Å². The lowest BCUT2D eigenvalue weighted by Gasteiger charge is -2.39. The first-order valence-electron chi connectivity index (χ1n) is 9.79. The molecule has 0 bridgehead atoms. The predicted molar refractivity (Wildman–Crippen MR) is 98.9 cm³/mol. The maximum absolute atomic E-state index is 11.5. The van der Waals surface area contributed by atoms with Crippen LogP contribution >= 0.6 is 0 Å². The molecule has 1 fully saturated rings. The van der Waals surface area contributed by atoms with E-state index in [4.69, 9.17) is 0 Å². The zero-order valence-corrected chi connectivity index (χ0v) is 16.1. The molecule has 0 saturated heterocycles. The minimum absolute atomic E-state index is 0.142. The minimum Gasteiger partial charge on any atom is -0.356 e. The summed E-state index contributed by atoms with van der Waals surface area (Å²) < 4.78 is 0. The summed E-state index contributed by atoms with van der Waals surface area (Å²) in [6.07, 6.45) is 7.81. The first kappa shape index (κ1) is 20.9. The Morgan fingerprint density at radius 2 is 1.62 bits per heavy atom. The largest absolute Gasteiger partial charge is 0.356 e. The van der Waals surface area contributed by atoms with E-state index < -0.39 is 0 Å². The number of unbranched alkanes of at least 4 members (excludes halogenated alkanes) is 1. The van der Waals surface area contributed by atoms with Crippen LogP contribution in [0.2, 0.25) is 0 Å². The lowest BCUT2D eigenvalue weighted by molar-refractivity contribution is -0.122. The Balaban J connectivity index is 2.30. The number of carbonyl (C=O) groups is 2. The third kappa shape index (κ3) is 7.65. The Bertz CT molecular complexity index is 377. The molecule has 24 heavy (non-hydrogen) atoms. The molecule has 0 spiro atoms. The van der Waals surface area contributed by atoms with Gasteiger partial charge in [0.15, 0.2) is 0 Å². The van der Waals surface area contributed by atoms with Crippen LogP contribution in [0.15, 0.2) is 0 Å². The Morgan fingerprint density at radius 3 is 2.17 bits per heavy atom. The van der Waals surface area contributed by atoms with Gasteiger partial charge in [-0.25, -0.2) is 0 Å². The molecular formula is C19H37N3O2. The molecule has 0 atom stereocenters. The summed E-state index contributed by atoms with van der Waals surface area (Å²) in [5, 5.41) is 6.08. The summed E-state index contributed by atoms with van der Waals surface area (Å²) in [7, 11) is 0. The van der Waals surface area contributed by atoms with Crippen molar-refractivity contribution in [2.24, 2.45) is 0 Å². The molecule has 1 aliphatic rings. The second-order valence-corrected chi connectivity index (χ2v) is 7.17. The zero-order valence-electron chi connectivity index (χ0n) is 16.1. The lowest BCUT2D eigenvalue weighted by Crippen LogP contribution is -2.46. The van der Waals surface area contributed by atoms with E-state index in [1.165, 1.54) is 12.8 Å². The van der Waals surface area contributed by atoms with Crippen molar-refractivity contribution < 1.29 is 9.59 Å². The fraction of sp³-hybridized carbons (Fsp3) is 0.895. The van der Waals surface area contributed by atoms with Crippen molar-refractivity contribution in [3.05, 3.63) is 0 Å². The number of carbonyl (C=O) groups excluding carboxylic acids is 2. The van der Waals surface area contributed by atoms with Crippen LogP contribution < -0.4 is 10.6 Å². The van der Waals surface area contributed by atoms with Gasteiger partial charge in [-0.2, -0.15) is 0 Å². The van der Waals surface area contributed by atoms with Crippen LogP contribution in [-0.4, -0.2) is 47.9 Å². The molecule has 1 saturated carbocycles. The molecule has 5 nitrogen and oxygen atoms in total. The van der Waals surface area contributed by atoms with Crippen molar-refractivity contribution in [2.75, 3.05) is 13.1 Å². The molecule has 140 valence electrons. The van der Waals surface area contributed by atoms with Crippen molar-refractivity contribution in [3.63, 3.8) is 0 Å². The zero-order chi connectivity index (χ0) is 17.9. The topological polar surface area (TPSA) is 61.4 Å². The van der Waals surface area contributed by atoms with E-state index in [0.29, 0.717) is 31.0 Å². The number of hydrogen-bond donors (Lipinski definition) is 2. The molecule has 0 radical (unpaired) electrons. The van der Waals surface area contributed by atoms with Crippen LogP contribution in [0.5, 0.6) is 0 Å². The van der Waals surface area contributed by atoms with Gasteiger partial charge in [0.25, 0.3) is 0 Å². The Morgan fingerprint density at radius 1 is 1.00 bits per heavy atom. The van der Waals surface area contributed by atoms with Crippen molar-refractivity contribution in [1.82, 2.24) is 15.5 Å². The smallest absolute Gasteiger partial charge is 0.219 e. The van der Waals surface area contributed by atoms with E-state index in [9.17, 15) is 9.59 Å². The van der Waals surface area contributed by atoms with Gasteiger partial charge in [0, 0.05) is 37.5 Å². The van der Waals surface area contributed by atoms with Crippen LogP contribution in [0.3, 0.4) is 0 Å². The fourth-order valence-corrected chi connectivity index (χ4v) is 3.52. The number of hydrogen-bond acceptors (Lipinski definition) is 3. The van der Waals surface area contributed by atoms with Gasteiger partial charge in [-0.1, -0.05) is 13.8 Å². The second-order valence-electron chi connectivity index (χ2n) is 7.17. The predicted octanol–water partition coefficient (Wildman–Crippen LogP) is 2.84. The lowest BCUT2D eigenvalue weighted by atomic mass is 9.89. The van der Waals surface area contributed by atoms with Crippen LogP contribution in [-0.2, 0) is 9.59 Å². The fourth-order valence-electron chi connectivity index (χ4n) is 3.52. The molecule has 0 aliphatic heterocycles. The van der Waals surface area contributed by atoms with Gasteiger partial charge in [-0.15, -0.1) is 0 Å². The molecule has 0 aromatic heterocycles. The highest BCUT2D eigenvalue weighted by Crippen LogP contribution is 2.25. The standard InChI is InChI=1S/C19H37N3O2/c1-5-18(23)20-13-7-8-14-22(15(3)4)17-11-9-16(10-12-17)21-19(24)6-2/h15-17H,5-14H2,1-4H3,(H,20,23)(H,21,24). The molecule has 0 heterocycles. The van der Waals surface area contributed by atoms with Crippen LogP contribution in [0.1, 0.15) is 79.1 Å². The summed E-state index contributed by atoms with van der Waals surface area (Å²) in [5.74, 6) is 0.316. The van der Waals surface area contributed by atoms with Gasteiger partial charge < -0.3 is 10.6 Å². The molecule has 0 aromatic carbocycles. The van der Waals surface area contributed by atoms with Gasteiger partial charge >= 0.3 is 0 Å². The average molecular weight is 340 g/mol. The Labute approximate surface area is 147 Å².